The first kappa shape index (κ1) is 12.2. The third-order valence-electron chi connectivity index (χ3n) is 3.22. The molecule has 4 heteroatoms. The molecule has 2 atom stereocenters. The summed E-state index contributed by atoms with van der Waals surface area (Å²) in [6.45, 7) is 4.17. The molecule has 1 saturated heterocycles. The summed E-state index contributed by atoms with van der Waals surface area (Å²) >= 11 is 9.70. The molecule has 2 rings (SSSR count). The van der Waals surface area contributed by atoms with Gasteiger partial charge in [-0.1, -0.05) is 34.5 Å². The average Bonchev–Trinajstić information content (AvgIpc) is 2.26. The molecular formula is C12H16BrClN2. The van der Waals surface area contributed by atoms with E-state index in [1.54, 1.807) is 0 Å². The van der Waals surface area contributed by atoms with Crippen molar-refractivity contribution in [3.8, 4) is 0 Å². The van der Waals surface area contributed by atoms with Gasteiger partial charge in [0.15, 0.2) is 0 Å². The Morgan fingerprint density at radius 3 is 2.94 bits per heavy atom. The Hall–Kier alpha value is -0.250. The minimum absolute atomic E-state index is 0.321. The van der Waals surface area contributed by atoms with Crippen molar-refractivity contribution in [2.75, 3.05) is 18.0 Å². The Bertz CT molecular complexity index is 383. The highest BCUT2D eigenvalue weighted by atomic mass is 79.9. The van der Waals surface area contributed by atoms with Gasteiger partial charge in [0.25, 0.3) is 0 Å². The van der Waals surface area contributed by atoms with Crippen LogP contribution in [0, 0.1) is 5.92 Å². The lowest BCUT2D eigenvalue weighted by molar-refractivity contribution is 0.383. The molecule has 0 aromatic heterocycles. The molecule has 88 valence electrons. The molecule has 0 bridgehead atoms. The maximum Gasteiger partial charge on any atom is 0.0640 e. The normalized spacial score (nSPS) is 25.9. The predicted molar refractivity (Wildman–Crippen MR) is 73.1 cm³/mol. The molecule has 2 nitrogen and oxygen atoms in total. The number of nitrogens with zero attached hydrogens (tertiary/aromatic N) is 1. The minimum atomic E-state index is 0.321. The number of halogens is 2. The third kappa shape index (κ3) is 2.53. The van der Waals surface area contributed by atoms with Crippen LogP contribution in [0.5, 0.6) is 0 Å². The number of anilines is 1. The van der Waals surface area contributed by atoms with Crippen molar-refractivity contribution in [2.24, 2.45) is 11.7 Å². The zero-order chi connectivity index (χ0) is 11.7. The monoisotopic (exact) mass is 302 g/mol. The zero-order valence-corrected chi connectivity index (χ0v) is 11.6. The molecule has 1 aromatic carbocycles. The van der Waals surface area contributed by atoms with Crippen LogP contribution in [-0.2, 0) is 0 Å². The SMILES string of the molecule is CC1CN(c2cc(Br)ccc2Cl)CCC1N. The number of benzene rings is 1. The van der Waals surface area contributed by atoms with Crippen LogP contribution in [0.1, 0.15) is 13.3 Å². The quantitative estimate of drug-likeness (QED) is 0.863. The standard InChI is InChI=1S/C12H16BrClN2/c1-8-7-16(5-4-11(8)15)12-6-9(13)2-3-10(12)14/h2-3,6,8,11H,4-5,7,15H2,1H3. The van der Waals surface area contributed by atoms with E-state index in [0.29, 0.717) is 12.0 Å². The molecule has 0 aliphatic carbocycles. The molecule has 1 heterocycles. The molecule has 0 spiro atoms. The molecule has 0 amide bonds. The second kappa shape index (κ2) is 4.94. The van der Waals surface area contributed by atoms with Crippen LogP contribution in [0.2, 0.25) is 5.02 Å². The van der Waals surface area contributed by atoms with E-state index in [0.717, 1.165) is 34.7 Å². The lowest BCUT2D eigenvalue weighted by Gasteiger charge is -2.37. The summed E-state index contributed by atoms with van der Waals surface area (Å²) in [4.78, 5) is 2.32. The van der Waals surface area contributed by atoms with E-state index >= 15 is 0 Å². The summed E-state index contributed by atoms with van der Waals surface area (Å²) in [5.74, 6) is 0.517. The Labute approximate surface area is 110 Å². The van der Waals surface area contributed by atoms with Crippen LogP contribution in [0.4, 0.5) is 5.69 Å². The van der Waals surface area contributed by atoms with Gasteiger partial charge in [-0.3, -0.25) is 0 Å². The largest absolute Gasteiger partial charge is 0.370 e. The lowest BCUT2D eigenvalue weighted by atomic mass is 9.94. The Balaban J connectivity index is 2.21. The van der Waals surface area contributed by atoms with Crippen LogP contribution in [-0.4, -0.2) is 19.1 Å². The number of nitrogens with two attached hydrogens (primary N) is 1. The first-order valence-corrected chi connectivity index (χ1v) is 6.70. The lowest BCUT2D eigenvalue weighted by Crippen LogP contribution is -2.46. The van der Waals surface area contributed by atoms with Crippen molar-refractivity contribution in [1.82, 2.24) is 0 Å². The fraction of sp³-hybridized carbons (Fsp3) is 0.500. The van der Waals surface area contributed by atoms with Crippen LogP contribution in [0.25, 0.3) is 0 Å². The highest BCUT2D eigenvalue weighted by Crippen LogP contribution is 2.31. The van der Waals surface area contributed by atoms with Crippen molar-refractivity contribution in [3.05, 3.63) is 27.7 Å². The Morgan fingerprint density at radius 2 is 2.25 bits per heavy atom. The third-order valence-corrected chi connectivity index (χ3v) is 4.03. The van der Waals surface area contributed by atoms with Gasteiger partial charge in [0.05, 0.1) is 10.7 Å². The van der Waals surface area contributed by atoms with Crippen LogP contribution in [0.15, 0.2) is 22.7 Å². The molecule has 2 unspecified atom stereocenters. The summed E-state index contributed by atoms with van der Waals surface area (Å²) in [7, 11) is 0. The summed E-state index contributed by atoms with van der Waals surface area (Å²) < 4.78 is 1.06. The second-order valence-corrected chi connectivity index (χ2v) is 5.79. The molecule has 0 saturated carbocycles. The van der Waals surface area contributed by atoms with Crippen molar-refractivity contribution in [1.29, 1.82) is 0 Å². The predicted octanol–water partition coefficient (Wildman–Crippen LogP) is 3.28. The molecule has 0 radical (unpaired) electrons. The molecule has 16 heavy (non-hydrogen) atoms. The van der Waals surface area contributed by atoms with E-state index < -0.39 is 0 Å². The number of hydrogen-bond acceptors (Lipinski definition) is 2. The van der Waals surface area contributed by atoms with Crippen molar-refractivity contribution < 1.29 is 0 Å². The van der Waals surface area contributed by atoms with Gasteiger partial charge >= 0.3 is 0 Å². The highest BCUT2D eigenvalue weighted by Gasteiger charge is 2.24. The van der Waals surface area contributed by atoms with Crippen LogP contribution in [0.3, 0.4) is 0 Å². The van der Waals surface area contributed by atoms with Gasteiger partial charge in [-0.25, -0.2) is 0 Å². The maximum atomic E-state index is 6.22. The maximum absolute atomic E-state index is 6.22. The Morgan fingerprint density at radius 1 is 1.50 bits per heavy atom. The summed E-state index contributed by atoms with van der Waals surface area (Å²) in [5, 5.41) is 0.811. The smallest absolute Gasteiger partial charge is 0.0640 e. The van der Waals surface area contributed by atoms with E-state index in [-0.39, 0.29) is 0 Å². The van der Waals surface area contributed by atoms with Gasteiger partial charge in [-0.2, -0.15) is 0 Å². The molecule has 1 aliphatic heterocycles. The summed E-state index contributed by atoms with van der Waals surface area (Å²) in [5.41, 5.74) is 7.12. The van der Waals surface area contributed by atoms with Crippen LogP contribution >= 0.6 is 27.5 Å². The topological polar surface area (TPSA) is 29.3 Å². The van der Waals surface area contributed by atoms with E-state index in [2.05, 4.69) is 33.8 Å². The molecule has 2 N–H and O–H groups in total. The van der Waals surface area contributed by atoms with Gasteiger partial charge < -0.3 is 10.6 Å². The van der Waals surface area contributed by atoms with Gasteiger partial charge in [0, 0.05) is 23.6 Å². The van der Waals surface area contributed by atoms with Crippen molar-refractivity contribution >= 4 is 33.2 Å². The second-order valence-electron chi connectivity index (χ2n) is 4.47. The molecule has 1 fully saturated rings. The van der Waals surface area contributed by atoms with E-state index in [4.69, 9.17) is 17.3 Å². The van der Waals surface area contributed by atoms with Crippen molar-refractivity contribution in [2.45, 2.75) is 19.4 Å². The average molecular weight is 304 g/mol. The minimum Gasteiger partial charge on any atom is -0.370 e. The number of hydrogen-bond donors (Lipinski definition) is 1. The van der Waals surface area contributed by atoms with Crippen molar-refractivity contribution in [3.63, 3.8) is 0 Å². The summed E-state index contributed by atoms with van der Waals surface area (Å²) in [6.07, 6.45) is 1.03. The first-order chi connectivity index (χ1) is 7.58. The molecular weight excluding hydrogens is 288 g/mol. The van der Waals surface area contributed by atoms with Gasteiger partial charge in [0.2, 0.25) is 0 Å². The Kier molecular flexibility index (Phi) is 3.77. The fourth-order valence-electron chi connectivity index (χ4n) is 2.11. The fourth-order valence-corrected chi connectivity index (χ4v) is 2.70. The summed E-state index contributed by atoms with van der Waals surface area (Å²) in [6, 6.07) is 6.29. The zero-order valence-electron chi connectivity index (χ0n) is 9.29. The van der Waals surface area contributed by atoms with Gasteiger partial charge in [-0.15, -0.1) is 0 Å². The first-order valence-electron chi connectivity index (χ1n) is 5.53. The van der Waals surface area contributed by atoms with Gasteiger partial charge in [-0.05, 0) is 30.5 Å². The molecule has 1 aromatic rings. The van der Waals surface area contributed by atoms with E-state index in [1.807, 2.05) is 12.1 Å². The van der Waals surface area contributed by atoms with E-state index in [1.165, 1.54) is 0 Å². The number of rotatable bonds is 1. The van der Waals surface area contributed by atoms with Crippen LogP contribution < -0.4 is 10.6 Å². The molecule has 1 aliphatic rings. The highest BCUT2D eigenvalue weighted by molar-refractivity contribution is 9.10. The van der Waals surface area contributed by atoms with E-state index in [9.17, 15) is 0 Å². The van der Waals surface area contributed by atoms with Gasteiger partial charge in [0.1, 0.15) is 0 Å². The number of piperidine rings is 1.